The van der Waals surface area contributed by atoms with Crippen molar-refractivity contribution < 1.29 is 0 Å². The maximum Gasteiger partial charge on any atom is 0.0551 e. The van der Waals surface area contributed by atoms with E-state index in [2.05, 4.69) is 18.3 Å². The van der Waals surface area contributed by atoms with Crippen LogP contribution in [0.15, 0.2) is 21.7 Å². The summed E-state index contributed by atoms with van der Waals surface area (Å²) in [4.78, 5) is 0. The third-order valence-electron chi connectivity index (χ3n) is 4.20. The van der Waals surface area contributed by atoms with E-state index in [0.29, 0.717) is 11.3 Å². The van der Waals surface area contributed by atoms with Crippen LogP contribution in [-0.4, -0.2) is 13.1 Å². The van der Waals surface area contributed by atoms with Crippen molar-refractivity contribution in [2.75, 3.05) is 13.1 Å². The first kappa shape index (κ1) is 10.2. The Labute approximate surface area is 101 Å². The Morgan fingerprint density at radius 2 is 2.27 bits per heavy atom. The third kappa shape index (κ3) is 1.40. The SMILES string of the molecule is CC1CC(Cl)=C(Cl)C=C1[C@@]12CNCC1C2. The normalized spacial score (nSPS) is 44.1. The van der Waals surface area contributed by atoms with Gasteiger partial charge in [-0.15, -0.1) is 0 Å². The Morgan fingerprint density at radius 1 is 1.47 bits per heavy atom. The predicted octanol–water partition coefficient (Wildman–Crippen LogP) is 3.25. The lowest BCUT2D eigenvalue weighted by Crippen LogP contribution is -2.22. The lowest BCUT2D eigenvalue weighted by atomic mass is 9.81. The van der Waals surface area contributed by atoms with Crippen molar-refractivity contribution in [3.8, 4) is 0 Å². The molecule has 0 radical (unpaired) electrons. The molecule has 3 atom stereocenters. The van der Waals surface area contributed by atoms with E-state index in [4.69, 9.17) is 23.2 Å². The van der Waals surface area contributed by atoms with Crippen molar-refractivity contribution in [1.82, 2.24) is 5.32 Å². The largest absolute Gasteiger partial charge is 0.316 e. The zero-order chi connectivity index (χ0) is 10.6. The van der Waals surface area contributed by atoms with Crippen LogP contribution in [0.5, 0.6) is 0 Å². The number of fused-ring (bicyclic) bond motifs is 1. The fourth-order valence-corrected chi connectivity index (χ4v) is 3.74. The monoisotopic (exact) mass is 243 g/mol. The molecule has 0 aromatic rings. The molecule has 1 heterocycles. The molecular formula is C12H15Cl2N. The second-order valence-corrected chi connectivity index (χ2v) is 6.01. The first-order valence-corrected chi connectivity index (χ1v) is 6.36. The standard InChI is InChI=1S/C12H15Cl2N/c1-7-2-10(13)11(14)3-9(7)12-4-8(12)5-15-6-12/h3,7-8,15H,2,4-6H2,1H3/t7?,8?,12-/m0/s1. The van der Waals surface area contributed by atoms with Gasteiger partial charge in [0, 0.05) is 17.0 Å². The number of allylic oxidation sites excluding steroid dienone is 3. The Bertz CT molecular complexity index is 372. The van der Waals surface area contributed by atoms with Gasteiger partial charge in [0.05, 0.1) is 5.03 Å². The molecule has 1 aliphatic heterocycles. The molecule has 0 spiro atoms. The number of nitrogens with one attached hydrogen (secondary N) is 1. The van der Waals surface area contributed by atoms with Gasteiger partial charge in [0.1, 0.15) is 0 Å². The van der Waals surface area contributed by atoms with Crippen LogP contribution >= 0.6 is 23.2 Å². The van der Waals surface area contributed by atoms with Crippen molar-refractivity contribution in [2.24, 2.45) is 17.3 Å². The molecule has 1 nitrogen and oxygen atoms in total. The third-order valence-corrected chi connectivity index (χ3v) is 4.99. The summed E-state index contributed by atoms with van der Waals surface area (Å²) < 4.78 is 0. The smallest absolute Gasteiger partial charge is 0.0551 e. The first-order chi connectivity index (χ1) is 7.13. The molecule has 3 rings (SSSR count). The fraction of sp³-hybridized carbons (Fsp3) is 0.667. The minimum Gasteiger partial charge on any atom is -0.316 e. The highest BCUT2D eigenvalue weighted by atomic mass is 35.5. The molecule has 1 N–H and O–H groups in total. The van der Waals surface area contributed by atoms with Crippen molar-refractivity contribution in [2.45, 2.75) is 19.8 Å². The van der Waals surface area contributed by atoms with E-state index in [1.807, 2.05) is 0 Å². The molecule has 0 aromatic carbocycles. The number of rotatable bonds is 1. The number of piperidine rings is 1. The quantitative estimate of drug-likeness (QED) is 0.746. The van der Waals surface area contributed by atoms with Crippen LogP contribution < -0.4 is 5.32 Å². The van der Waals surface area contributed by atoms with E-state index < -0.39 is 0 Å². The average molecular weight is 244 g/mol. The van der Waals surface area contributed by atoms with Crippen LogP contribution in [0.4, 0.5) is 0 Å². The topological polar surface area (TPSA) is 12.0 Å². The summed E-state index contributed by atoms with van der Waals surface area (Å²) in [5.74, 6) is 1.41. The van der Waals surface area contributed by atoms with Gasteiger partial charge in [-0.3, -0.25) is 0 Å². The van der Waals surface area contributed by atoms with Crippen LogP contribution in [0.3, 0.4) is 0 Å². The van der Waals surface area contributed by atoms with E-state index in [0.717, 1.165) is 28.9 Å². The molecule has 0 amide bonds. The van der Waals surface area contributed by atoms with E-state index in [1.54, 1.807) is 0 Å². The van der Waals surface area contributed by atoms with Gasteiger partial charge in [-0.25, -0.2) is 0 Å². The summed E-state index contributed by atoms with van der Waals surface area (Å²) in [5.41, 5.74) is 1.98. The number of halogens is 2. The highest BCUT2D eigenvalue weighted by molar-refractivity contribution is 6.40. The lowest BCUT2D eigenvalue weighted by Gasteiger charge is -2.27. The van der Waals surface area contributed by atoms with E-state index in [1.165, 1.54) is 18.5 Å². The Hall–Kier alpha value is 0.0200. The molecule has 2 aliphatic carbocycles. The summed E-state index contributed by atoms with van der Waals surface area (Å²) in [6, 6.07) is 0. The van der Waals surface area contributed by atoms with Gasteiger partial charge in [-0.2, -0.15) is 0 Å². The highest BCUT2D eigenvalue weighted by Crippen LogP contribution is 2.63. The summed E-state index contributed by atoms with van der Waals surface area (Å²) in [5, 5.41) is 5.06. The molecular weight excluding hydrogens is 229 g/mol. The molecule has 15 heavy (non-hydrogen) atoms. The maximum atomic E-state index is 6.14. The minimum atomic E-state index is 0.442. The van der Waals surface area contributed by atoms with Gasteiger partial charge in [0.15, 0.2) is 0 Å². The van der Waals surface area contributed by atoms with Gasteiger partial charge < -0.3 is 5.32 Å². The molecule has 0 aromatic heterocycles. The molecule has 0 bridgehead atoms. The fourth-order valence-electron chi connectivity index (χ4n) is 3.26. The summed E-state index contributed by atoms with van der Waals surface area (Å²) in [7, 11) is 0. The number of hydrogen-bond donors (Lipinski definition) is 1. The van der Waals surface area contributed by atoms with E-state index in [9.17, 15) is 0 Å². The molecule has 1 saturated carbocycles. The zero-order valence-electron chi connectivity index (χ0n) is 8.82. The van der Waals surface area contributed by atoms with Crippen LogP contribution in [0.1, 0.15) is 19.8 Å². The molecule has 3 aliphatic rings. The first-order valence-electron chi connectivity index (χ1n) is 5.60. The highest BCUT2D eigenvalue weighted by Gasteiger charge is 2.60. The van der Waals surface area contributed by atoms with Crippen LogP contribution in [0.25, 0.3) is 0 Å². The zero-order valence-corrected chi connectivity index (χ0v) is 10.3. The summed E-state index contributed by atoms with van der Waals surface area (Å²) in [6.07, 6.45) is 4.39. The Kier molecular flexibility index (Phi) is 2.21. The molecule has 2 unspecified atom stereocenters. The Morgan fingerprint density at radius 3 is 2.87 bits per heavy atom. The maximum absolute atomic E-state index is 6.14. The molecule has 1 saturated heterocycles. The van der Waals surface area contributed by atoms with Crippen molar-refractivity contribution in [1.29, 1.82) is 0 Å². The Balaban J connectivity index is 1.96. The average Bonchev–Trinajstić information content (AvgIpc) is 2.75. The van der Waals surface area contributed by atoms with Gasteiger partial charge in [-0.05, 0) is 37.3 Å². The second-order valence-electron chi connectivity index (χ2n) is 5.15. The van der Waals surface area contributed by atoms with Crippen LogP contribution in [0, 0.1) is 17.3 Å². The number of hydrogen-bond acceptors (Lipinski definition) is 1. The predicted molar refractivity (Wildman–Crippen MR) is 64.0 cm³/mol. The van der Waals surface area contributed by atoms with Gasteiger partial charge >= 0.3 is 0 Å². The minimum absolute atomic E-state index is 0.442. The van der Waals surface area contributed by atoms with Crippen molar-refractivity contribution in [3.05, 3.63) is 21.7 Å². The van der Waals surface area contributed by atoms with E-state index >= 15 is 0 Å². The molecule has 82 valence electrons. The van der Waals surface area contributed by atoms with Crippen LogP contribution in [0.2, 0.25) is 0 Å². The lowest BCUT2D eigenvalue weighted by molar-refractivity contribution is 0.505. The van der Waals surface area contributed by atoms with Crippen LogP contribution in [-0.2, 0) is 0 Å². The summed E-state index contributed by atoms with van der Waals surface area (Å²) >= 11 is 12.2. The van der Waals surface area contributed by atoms with Gasteiger partial charge in [-0.1, -0.05) is 35.7 Å². The van der Waals surface area contributed by atoms with Gasteiger partial charge in [0.2, 0.25) is 0 Å². The second kappa shape index (κ2) is 3.26. The molecule has 3 heteroatoms. The van der Waals surface area contributed by atoms with Gasteiger partial charge in [0.25, 0.3) is 0 Å². The van der Waals surface area contributed by atoms with E-state index in [-0.39, 0.29) is 0 Å². The summed E-state index contributed by atoms with van der Waals surface area (Å²) in [6.45, 7) is 4.58. The van der Waals surface area contributed by atoms with Crippen molar-refractivity contribution in [3.63, 3.8) is 0 Å². The van der Waals surface area contributed by atoms with Crippen molar-refractivity contribution >= 4 is 23.2 Å². The molecule has 2 fully saturated rings.